The van der Waals surface area contributed by atoms with Crippen molar-refractivity contribution in [3.8, 4) is 0 Å². The molecular formula is C11H17NO4. The highest BCUT2D eigenvalue weighted by Crippen LogP contribution is 2.34. The summed E-state index contributed by atoms with van der Waals surface area (Å²) < 4.78 is 0. The van der Waals surface area contributed by atoms with Crippen molar-refractivity contribution in [2.45, 2.75) is 13.8 Å². The number of carbonyl (C=O) groups is 2. The maximum atomic E-state index is 11.6. The van der Waals surface area contributed by atoms with Crippen LogP contribution in [-0.2, 0) is 9.59 Å². The SMILES string of the molecule is CC1(C)CN(C(=O)/C=C/C(=O)O)CC1CO. The summed E-state index contributed by atoms with van der Waals surface area (Å²) >= 11 is 0. The Kier molecular flexibility index (Phi) is 3.70. The van der Waals surface area contributed by atoms with Gasteiger partial charge in [0.1, 0.15) is 0 Å². The van der Waals surface area contributed by atoms with Crippen molar-refractivity contribution in [3.63, 3.8) is 0 Å². The minimum atomic E-state index is -1.13. The van der Waals surface area contributed by atoms with Gasteiger partial charge in [0.25, 0.3) is 0 Å². The fraction of sp³-hybridized carbons (Fsp3) is 0.636. The predicted molar refractivity (Wildman–Crippen MR) is 57.7 cm³/mol. The van der Waals surface area contributed by atoms with Crippen LogP contribution in [0, 0.1) is 11.3 Å². The first-order valence-corrected chi connectivity index (χ1v) is 5.17. The summed E-state index contributed by atoms with van der Waals surface area (Å²) in [7, 11) is 0. The molecule has 1 aliphatic heterocycles. The average Bonchev–Trinajstić information content (AvgIpc) is 2.49. The molecule has 1 unspecified atom stereocenters. The molecule has 5 heteroatoms. The second kappa shape index (κ2) is 4.65. The summed E-state index contributed by atoms with van der Waals surface area (Å²) in [5, 5.41) is 17.6. The van der Waals surface area contributed by atoms with Crippen LogP contribution < -0.4 is 0 Å². The highest BCUT2D eigenvalue weighted by molar-refractivity contribution is 5.94. The number of aliphatic hydroxyl groups is 1. The van der Waals surface area contributed by atoms with Gasteiger partial charge in [-0.15, -0.1) is 0 Å². The van der Waals surface area contributed by atoms with Crippen LogP contribution in [0.5, 0.6) is 0 Å². The van der Waals surface area contributed by atoms with Gasteiger partial charge >= 0.3 is 5.97 Å². The molecular weight excluding hydrogens is 210 g/mol. The van der Waals surface area contributed by atoms with E-state index in [4.69, 9.17) is 10.2 Å². The van der Waals surface area contributed by atoms with E-state index >= 15 is 0 Å². The molecule has 0 bridgehead atoms. The molecule has 2 N–H and O–H groups in total. The molecule has 90 valence electrons. The number of nitrogens with zero attached hydrogens (tertiary/aromatic N) is 1. The quantitative estimate of drug-likeness (QED) is 0.670. The predicted octanol–water partition coefficient (Wildman–Crippen LogP) is 0.104. The molecule has 0 radical (unpaired) electrons. The van der Waals surface area contributed by atoms with Gasteiger partial charge in [-0.05, 0) is 5.41 Å². The second-order valence-corrected chi connectivity index (χ2v) is 4.76. The molecule has 0 saturated carbocycles. The number of likely N-dealkylation sites (tertiary alicyclic amines) is 1. The minimum Gasteiger partial charge on any atom is -0.478 e. The Morgan fingerprint density at radius 1 is 1.44 bits per heavy atom. The van der Waals surface area contributed by atoms with E-state index in [0.29, 0.717) is 13.1 Å². The maximum Gasteiger partial charge on any atom is 0.328 e. The third-order valence-corrected chi connectivity index (χ3v) is 3.04. The van der Waals surface area contributed by atoms with Gasteiger partial charge < -0.3 is 15.1 Å². The maximum absolute atomic E-state index is 11.6. The average molecular weight is 227 g/mol. The Hall–Kier alpha value is -1.36. The lowest BCUT2D eigenvalue weighted by molar-refractivity contribution is -0.132. The van der Waals surface area contributed by atoms with Crippen LogP contribution in [0.4, 0.5) is 0 Å². The number of carboxylic acids is 1. The van der Waals surface area contributed by atoms with E-state index in [2.05, 4.69) is 0 Å². The molecule has 0 aromatic carbocycles. The zero-order valence-corrected chi connectivity index (χ0v) is 9.51. The molecule has 1 amide bonds. The summed E-state index contributed by atoms with van der Waals surface area (Å²) in [6.07, 6.45) is 1.89. The van der Waals surface area contributed by atoms with Crippen LogP contribution in [-0.4, -0.2) is 46.7 Å². The lowest BCUT2D eigenvalue weighted by Gasteiger charge is -2.23. The molecule has 1 saturated heterocycles. The highest BCUT2D eigenvalue weighted by Gasteiger charge is 2.40. The normalized spacial score (nSPS) is 23.9. The number of carboxylic acid groups (broad SMARTS) is 1. The molecule has 0 aromatic rings. The molecule has 0 aliphatic carbocycles. The molecule has 1 rings (SSSR count). The van der Waals surface area contributed by atoms with Gasteiger partial charge in [0.2, 0.25) is 5.91 Å². The highest BCUT2D eigenvalue weighted by atomic mass is 16.4. The van der Waals surface area contributed by atoms with Crippen LogP contribution >= 0.6 is 0 Å². The number of aliphatic hydroxyl groups excluding tert-OH is 1. The van der Waals surface area contributed by atoms with Crippen molar-refractivity contribution >= 4 is 11.9 Å². The van der Waals surface area contributed by atoms with Crippen molar-refractivity contribution in [1.29, 1.82) is 0 Å². The number of amides is 1. The van der Waals surface area contributed by atoms with Crippen LogP contribution in [0.3, 0.4) is 0 Å². The van der Waals surface area contributed by atoms with Crippen LogP contribution in [0.15, 0.2) is 12.2 Å². The number of hydrogen-bond acceptors (Lipinski definition) is 3. The smallest absolute Gasteiger partial charge is 0.328 e. The van der Waals surface area contributed by atoms with Crippen molar-refractivity contribution in [1.82, 2.24) is 4.90 Å². The summed E-state index contributed by atoms with van der Waals surface area (Å²) in [6, 6.07) is 0. The Morgan fingerprint density at radius 3 is 2.50 bits per heavy atom. The fourth-order valence-corrected chi connectivity index (χ4v) is 1.92. The third-order valence-electron chi connectivity index (χ3n) is 3.04. The minimum absolute atomic E-state index is 0.0411. The van der Waals surface area contributed by atoms with Crippen molar-refractivity contribution in [3.05, 3.63) is 12.2 Å². The molecule has 0 spiro atoms. The van der Waals surface area contributed by atoms with E-state index in [-0.39, 0.29) is 23.8 Å². The van der Waals surface area contributed by atoms with E-state index in [1.54, 1.807) is 4.90 Å². The number of rotatable bonds is 3. The first-order chi connectivity index (χ1) is 7.36. The van der Waals surface area contributed by atoms with Gasteiger partial charge in [0.05, 0.1) is 0 Å². The monoisotopic (exact) mass is 227 g/mol. The molecule has 5 nitrogen and oxygen atoms in total. The molecule has 1 aliphatic rings. The summed E-state index contributed by atoms with van der Waals surface area (Å²) in [4.78, 5) is 23.4. The molecule has 1 heterocycles. The summed E-state index contributed by atoms with van der Waals surface area (Å²) in [6.45, 7) is 5.04. The molecule has 0 aromatic heterocycles. The topological polar surface area (TPSA) is 77.8 Å². The lowest BCUT2D eigenvalue weighted by atomic mass is 9.83. The zero-order valence-electron chi connectivity index (χ0n) is 9.51. The largest absolute Gasteiger partial charge is 0.478 e. The van der Waals surface area contributed by atoms with Gasteiger partial charge in [-0.2, -0.15) is 0 Å². The van der Waals surface area contributed by atoms with E-state index in [0.717, 1.165) is 12.2 Å². The summed E-state index contributed by atoms with van der Waals surface area (Å²) in [5.41, 5.74) is -0.124. The first-order valence-electron chi connectivity index (χ1n) is 5.17. The van der Waals surface area contributed by atoms with E-state index in [1.165, 1.54) is 0 Å². The Balaban J connectivity index is 2.65. The van der Waals surface area contributed by atoms with Gasteiger partial charge in [-0.3, -0.25) is 4.79 Å². The molecule has 1 fully saturated rings. The van der Waals surface area contributed by atoms with E-state index < -0.39 is 5.97 Å². The Labute approximate surface area is 94.4 Å². The van der Waals surface area contributed by atoms with Gasteiger partial charge in [0, 0.05) is 37.8 Å². The number of aliphatic carboxylic acids is 1. The van der Waals surface area contributed by atoms with Gasteiger partial charge in [-0.1, -0.05) is 13.8 Å². The van der Waals surface area contributed by atoms with Gasteiger partial charge in [0.15, 0.2) is 0 Å². The Morgan fingerprint density at radius 2 is 2.06 bits per heavy atom. The van der Waals surface area contributed by atoms with Crippen LogP contribution in [0.2, 0.25) is 0 Å². The van der Waals surface area contributed by atoms with Crippen molar-refractivity contribution in [2.75, 3.05) is 19.7 Å². The van der Waals surface area contributed by atoms with E-state index in [9.17, 15) is 9.59 Å². The van der Waals surface area contributed by atoms with Gasteiger partial charge in [-0.25, -0.2) is 4.79 Å². The Bertz CT molecular complexity index is 322. The third kappa shape index (κ3) is 2.82. The van der Waals surface area contributed by atoms with Crippen molar-refractivity contribution in [2.24, 2.45) is 11.3 Å². The second-order valence-electron chi connectivity index (χ2n) is 4.76. The number of carbonyl (C=O) groups excluding carboxylic acids is 1. The fourth-order valence-electron chi connectivity index (χ4n) is 1.92. The van der Waals surface area contributed by atoms with Crippen LogP contribution in [0.1, 0.15) is 13.8 Å². The first kappa shape index (κ1) is 12.7. The van der Waals surface area contributed by atoms with Crippen LogP contribution in [0.25, 0.3) is 0 Å². The van der Waals surface area contributed by atoms with Crippen molar-refractivity contribution < 1.29 is 19.8 Å². The lowest BCUT2D eigenvalue weighted by Crippen LogP contribution is -2.28. The van der Waals surface area contributed by atoms with E-state index in [1.807, 2.05) is 13.8 Å². The zero-order chi connectivity index (χ0) is 12.3. The standard InChI is InChI=1S/C11H17NO4/c1-11(2)7-12(5-8(11)6-13)9(14)3-4-10(15)16/h3-4,8,13H,5-7H2,1-2H3,(H,15,16)/b4-3+. The molecule has 16 heavy (non-hydrogen) atoms. The molecule has 1 atom stereocenters. The number of hydrogen-bond donors (Lipinski definition) is 2. The summed E-state index contributed by atoms with van der Waals surface area (Å²) in [5.74, 6) is -1.40.